The molecule has 1 amide bonds. The number of hydrogen-bond acceptors (Lipinski definition) is 4. The van der Waals surface area contributed by atoms with Gasteiger partial charge in [0.05, 0.1) is 10.7 Å². The van der Waals surface area contributed by atoms with Crippen LogP contribution < -0.4 is 10.6 Å². The molecule has 1 aliphatic rings. The maximum atomic E-state index is 11.4. The van der Waals surface area contributed by atoms with Gasteiger partial charge in [-0.25, -0.2) is 4.98 Å². The Morgan fingerprint density at radius 3 is 3.05 bits per heavy atom. The van der Waals surface area contributed by atoms with Crippen LogP contribution in [0.15, 0.2) is 23.6 Å². The van der Waals surface area contributed by atoms with E-state index in [4.69, 9.17) is 0 Å². The topological polar surface area (TPSA) is 54.0 Å². The Kier molecular flexibility index (Phi) is 4.03. The summed E-state index contributed by atoms with van der Waals surface area (Å²) in [5.41, 5.74) is 4.52. The summed E-state index contributed by atoms with van der Waals surface area (Å²) in [5, 5.41) is 9.62. The summed E-state index contributed by atoms with van der Waals surface area (Å²) in [7, 11) is 0. The second kappa shape index (κ2) is 5.95. The number of aryl methyl sites for hydroxylation is 2. The number of nitrogens with one attached hydrogen (secondary N) is 2. The van der Waals surface area contributed by atoms with Crippen molar-refractivity contribution in [1.29, 1.82) is 0 Å². The fourth-order valence-electron chi connectivity index (χ4n) is 2.54. The minimum absolute atomic E-state index is 0.111. The van der Waals surface area contributed by atoms with Crippen molar-refractivity contribution in [2.45, 2.75) is 39.3 Å². The number of thiazole rings is 1. The molecule has 1 aromatic heterocycles. The first-order valence-electron chi connectivity index (χ1n) is 7.19. The summed E-state index contributed by atoms with van der Waals surface area (Å²) in [5.74, 6) is 0.111. The molecule has 2 heterocycles. The lowest BCUT2D eigenvalue weighted by Crippen LogP contribution is -2.21. The number of carbonyl (C=O) groups excluding carboxylic acids is 1. The number of aromatic nitrogens is 1. The Bertz CT molecular complexity index is 665. The van der Waals surface area contributed by atoms with Gasteiger partial charge in [-0.3, -0.25) is 4.79 Å². The SMILES string of the molecule is Cc1nc(CNC(C)c2ccc3c(c2)CCC(=O)N3)cs1. The summed E-state index contributed by atoms with van der Waals surface area (Å²) in [6, 6.07) is 6.54. The van der Waals surface area contributed by atoms with Gasteiger partial charge in [0, 0.05) is 30.1 Å². The highest BCUT2D eigenvalue weighted by molar-refractivity contribution is 7.09. The van der Waals surface area contributed by atoms with Crippen LogP contribution in [-0.2, 0) is 17.8 Å². The largest absolute Gasteiger partial charge is 0.326 e. The number of benzene rings is 1. The van der Waals surface area contributed by atoms with E-state index in [9.17, 15) is 4.79 Å². The molecule has 0 saturated carbocycles. The van der Waals surface area contributed by atoms with E-state index in [1.165, 1.54) is 11.1 Å². The molecule has 0 saturated heterocycles. The maximum absolute atomic E-state index is 11.4. The highest BCUT2D eigenvalue weighted by atomic mass is 32.1. The molecule has 1 unspecified atom stereocenters. The number of fused-ring (bicyclic) bond motifs is 1. The molecular weight excluding hydrogens is 282 g/mol. The molecule has 4 nitrogen and oxygen atoms in total. The van der Waals surface area contributed by atoms with Gasteiger partial charge in [0.1, 0.15) is 0 Å². The van der Waals surface area contributed by atoms with Crippen LogP contribution in [-0.4, -0.2) is 10.9 Å². The van der Waals surface area contributed by atoms with Gasteiger partial charge in [-0.05, 0) is 37.5 Å². The first-order chi connectivity index (χ1) is 10.1. The Morgan fingerprint density at radius 1 is 1.43 bits per heavy atom. The van der Waals surface area contributed by atoms with E-state index < -0.39 is 0 Å². The van der Waals surface area contributed by atoms with E-state index in [1.807, 2.05) is 13.0 Å². The summed E-state index contributed by atoms with van der Waals surface area (Å²) in [6.45, 7) is 4.96. The van der Waals surface area contributed by atoms with Crippen LogP contribution in [0.3, 0.4) is 0 Å². The molecule has 0 fully saturated rings. The second-order valence-electron chi connectivity index (χ2n) is 5.43. The molecule has 0 aliphatic carbocycles. The Morgan fingerprint density at radius 2 is 2.29 bits per heavy atom. The lowest BCUT2D eigenvalue weighted by Gasteiger charge is -2.20. The zero-order valence-corrected chi connectivity index (χ0v) is 13.1. The van der Waals surface area contributed by atoms with E-state index in [1.54, 1.807) is 11.3 Å². The van der Waals surface area contributed by atoms with Crippen LogP contribution in [0, 0.1) is 6.92 Å². The predicted octanol–water partition coefficient (Wildman–Crippen LogP) is 3.19. The first kappa shape index (κ1) is 14.2. The van der Waals surface area contributed by atoms with Crippen molar-refractivity contribution in [3.8, 4) is 0 Å². The molecule has 1 aromatic carbocycles. The van der Waals surface area contributed by atoms with E-state index in [0.717, 1.165) is 29.4 Å². The van der Waals surface area contributed by atoms with Crippen molar-refractivity contribution in [3.63, 3.8) is 0 Å². The Balaban J connectivity index is 1.67. The molecule has 5 heteroatoms. The molecule has 0 spiro atoms. The molecule has 0 radical (unpaired) electrons. The molecule has 1 atom stereocenters. The number of nitrogens with zero attached hydrogens (tertiary/aromatic N) is 1. The van der Waals surface area contributed by atoms with Crippen molar-refractivity contribution in [1.82, 2.24) is 10.3 Å². The molecule has 2 N–H and O–H groups in total. The summed E-state index contributed by atoms with van der Waals surface area (Å²) < 4.78 is 0. The van der Waals surface area contributed by atoms with Crippen molar-refractivity contribution in [2.75, 3.05) is 5.32 Å². The lowest BCUT2D eigenvalue weighted by atomic mass is 9.98. The van der Waals surface area contributed by atoms with E-state index in [0.29, 0.717) is 6.42 Å². The average Bonchev–Trinajstić information content (AvgIpc) is 2.90. The highest BCUT2D eigenvalue weighted by Gasteiger charge is 2.16. The fraction of sp³-hybridized carbons (Fsp3) is 0.375. The Labute approximate surface area is 128 Å². The Hall–Kier alpha value is -1.72. The van der Waals surface area contributed by atoms with E-state index >= 15 is 0 Å². The second-order valence-corrected chi connectivity index (χ2v) is 6.49. The van der Waals surface area contributed by atoms with Gasteiger partial charge >= 0.3 is 0 Å². The number of amides is 1. The van der Waals surface area contributed by atoms with Crippen molar-refractivity contribution in [2.24, 2.45) is 0 Å². The number of rotatable bonds is 4. The van der Waals surface area contributed by atoms with E-state index in [2.05, 4.69) is 40.1 Å². The van der Waals surface area contributed by atoms with Gasteiger partial charge in [0.15, 0.2) is 0 Å². The lowest BCUT2D eigenvalue weighted by molar-refractivity contribution is -0.116. The zero-order chi connectivity index (χ0) is 14.8. The summed E-state index contributed by atoms with van der Waals surface area (Å²) in [4.78, 5) is 15.8. The predicted molar refractivity (Wildman–Crippen MR) is 85.5 cm³/mol. The van der Waals surface area contributed by atoms with Gasteiger partial charge in [-0.2, -0.15) is 0 Å². The van der Waals surface area contributed by atoms with Crippen LogP contribution in [0.4, 0.5) is 5.69 Å². The van der Waals surface area contributed by atoms with Crippen LogP contribution in [0.2, 0.25) is 0 Å². The van der Waals surface area contributed by atoms with Crippen LogP contribution in [0.25, 0.3) is 0 Å². The number of carbonyl (C=O) groups is 1. The average molecular weight is 301 g/mol. The third kappa shape index (κ3) is 3.31. The minimum Gasteiger partial charge on any atom is -0.326 e. The fourth-order valence-corrected chi connectivity index (χ4v) is 3.15. The van der Waals surface area contributed by atoms with E-state index in [-0.39, 0.29) is 11.9 Å². The van der Waals surface area contributed by atoms with Crippen LogP contribution >= 0.6 is 11.3 Å². The molecule has 0 bridgehead atoms. The normalized spacial score (nSPS) is 15.4. The quantitative estimate of drug-likeness (QED) is 0.912. The molecule has 3 rings (SSSR count). The maximum Gasteiger partial charge on any atom is 0.224 e. The molecule has 110 valence electrons. The minimum atomic E-state index is 0.111. The molecule has 21 heavy (non-hydrogen) atoms. The number of anilines is 1. The number of hydrogen-bond donors (Lipinski definition) is 2. The van der Waals surface area contributed by atoms with Gasteiger partial charge in [0.2, 0.25) is 5.91 Å². The van der Waals surface area contributed by atoms with Crippen molar-refractivity contribution < 1.29 is 4.79 Å². The third-order valence-corrected chi connectivity index (χ3v) is 4.60. The zero-order valence-electron chi connectivity index (χ0n) is 12.3. The highest BCUT2D eigenvalue weighted by Crippen LogP contribution is 2.26. The van der Waals surface area contributed by atoms with Gasteiger partial charge in [0.25, 0.3) is 0 Å². The standard InChI is InChI=1S/C16H19N3OS/c1-10(17-8-14-9-21-11(2)18-14)12-3-5-15-13(7-12)4-6-16(20)19-15/h3,5,7,9-10,17H,4,6,8H2,1-2H3,(H,19,20). The van der Waals surface area contributed by atoms with Crippen molar-refractivity contribution in [3.05, 3.63) is 45.4 Å². The van der Waals surface area contributed by atoms with Gasteiger partial charge in [-0.1, -0.05) is 12.1 Å². The summed E-state index contributed by atoms with van der Waals surface area (Å²) in [6.07, 6.45) is 1.41. The molecule has 1 aliphatic heterocycles. The molecular formula is C16H19N3OS. The van der Waals surface area contributed by atoms with Crippen LogP contribution in [0.5, 0.6) is 0 Å². The third-order valence-electron chi connectivity index (χ3n) is 3.78. The van der Waals surface area contributed by atoms with Gasteiger partial charge in [-0.15, -0.1) is 11.3 Å². The van der Waals surface area contributed by atoms with Crippen LogP contribution in [0.1, 0.15) is 41.2 Å². The summed E-state index contributed by atoms with van der Waals surface area (Å²) >= 11 is 1.68. The first-order valence-corrected chi connectivity index (χ1v) is 8.07. The molecule has 2 aromatic rings. The van der Waals surface area contributed by atoms with Gasteiger partial charge < -0.3 is 10.6 Å². The van der Waals surface area contributed by atoms with Crippen molar-refractivity contribution >= 4 is 22.9 Å². The smallest absolute Gasteiger partial charge is 0.224 e. The monoisotopic (exact) mass is 301 g/mol.